The van der Waals surface area contributed by atoms with Gasteiger partial charge in [-0.05, 0) is 48.9 Å². The first-order valence-corrected chi connectivity index (χ1v) is 7.74. The van der Waals surface area contributed by atoms with Crippen molar-refractivity contribution in [1.29, 1.82) is 0 Å². The van der Waals surface area contributed by atoms with Crippen molar-refractivity contribution >= 4 is 0 Å². The van der Waals surface area contributed by atoms with Crippen LogP contribution in [0.1, 0.15) is 5.56 Å². The molecule has 24 heavy (non-hydrogen) atoms. The van der Waals surface area contributed by atoms with Gasteiger partial charge in [-0.25, -0.2) is 4.39 Å². The molecule has 2 aromatic carbocycles. The molecule has 0 fully saturated rings. The Bertz CT molecular complexity index is 830. The van der Waals surface area contributed by atoms with Gasteiger partial charge in [-0.3, -0.25) is 4.68 Å². The molecule has 0 spiro atoms. The number of ether oxygens (including phenoxy) is 2. The number of hydrogen-bond donors (Lipinski definition) is 0. The van der Waals surface area contributed by atoms with E-state index in [2.05, 4.69) is 5.10 Å². The molecule has 0 N–H and O–H groups in total. The molecule has 0 aliphatic rings. The number of hydrogen-bond acceptors (Lipinski definition) is 3. The van der Waals surface area contributed by atoms with Gasteiger partial charge in [0.1, 0.15) is 30.5 Å². The summed E-state index contributed by atoms with van der Waals surface area (Å²) in [7, 11) is 1.90. The zero-order valence-electron chi connectivity index (χ0n) is 13.7. The third-order valence-electron chi connectivity index (χ3n) is 3.70. The average molecular weight is 326 g/mol. The summed E-state index contributed by atoms with van der Waals surface area (Å²) in [6.45, 7) is 2.62. The van der Waals surface area contributed by atoms with Gasteiger partial charge >= 0.3 is 0 Å². The minimum atomic E-state index is -0.261. The predicted octanol–water partition coefficient (Wildman–Crippen LogP) is 3.99. The number of benzene rings is 2. The Balaban J connectivity index is 1.56. The molecule has 3 rings (SSSR count). The van der Waals surface area contributed by atoms with E-state index in [0.29, 0.717) is 19.0 Å². The lowest BCUT2D eigenvalue weighted by molar-refractivity contribution is 0.216. The Hall–Kier alpha value is -2.82. The van der Waals surface area contributed by atoms with Crippen molar-refractivity contribution in [1.82, 2.24) is 9.78 Å². The van der Waals surface area contributed by atoms with Gasteiger partial charge in [0.25, 0.3) is 0 Å². The molecular weight excluding hydrogens is 307 g/mol. The largest absolute Gasteiger partial charge is 0.490 e. The van der Waals surface area contributed by atoms with Crippen LogP contribution < -0.4 is 9.47 Å². The van der Waals surface area contributed by atoms with Crippen LogP contribution in [-0.2, 0) is 7.05 Å². The van der Waals surface area contributed by atoms with Gasteiger partial charge in [-0.2, -0.15) is 5.10 Å². The van der Waals surface area contributed by atoms with E-state index in [1.807, 2.05) is 49.0 Å². The molecule has 0 amide bonds. The fourth-order valence-electron chi connectivity index (χ4n) is 2.49. The molecule has 4 nitrogen and oxygen atoms in total. The van der Waals surface area contributed by atoms with E-state index in [0.717, 1.165) is 22.6 Å². The lowest BCUT2D eigenvalue weighted by atomic mass is 10.1. The van der Waals surface area contributed by atoms with Gasteiger partial charge in [0, 0.05) is 18.8 Å². The van der Waals surface area contributed by atoms with Crippen molar-refractivity contribution < 1.29 is 13.9 Å². The standard InChI is InChI=1S/C19H19FN2O2/c1-14-12-16(20)6-7-19(14)24-11-10-23-17-5-3-4-15(13-17)18-8-9-21-22(18)2/h3-9,12-13H,10-11H2,1-2H3. The quantitative estimate of drug-likeness (QED) is 0.643. The van der Waals surface area contributed by atoms with Crippen molar-refractivity contribution in [2.24, 2.45) is 7.05 Å². The monoisotopic (exact) mass is 326 g/mol. The lowest BCUT2D eigenvalue weighted by Crippen LogP contribution is -2.09. The van der Waals surface area contributed by atoms with E-state index in [1.54, 1.807) is 12.3 Å². The van der Waals surface area contributed by atoms with E-state index in [1.165, 1.54) is 12.1 Å². The first-order chi connectivity index (χ1) is 11.6. The summed E-state index contributed by atoms with van der Waals surface area (Å²) in [6.07, 6.45) is 1.77. The Morgan fingerprint density at radius 3 is 2.62 bits per heavy atom. The van der Waals surface area contributed by atoms with Gasteiger partial charge < -0.3 is 9.47 Å². The molecular formula is C19H19FN2O2. The Morgan fingerprint density at radius 2 is 1.88 bits per heavy atom. The van der Waals surface area contributed by atoms with Crippen molar-refractivity contribution in [3.05, 3.63) is 66.1 Å². The zero-order chi connectivity index (χ0) is 16.9. The summed E-state index contributed by atoms with van der Waals surface area (Å²) in [4.78, 5) is 0. The zero-order valence-corrected chi connectivity index (χ0v) is 13.7. The number of rotatable bonds is 6. The second kappa shape index (κ2) is 7.17. The summed E-state index contributed by atoms with van der Waals surface area (Å²) in [5.74, 6) is 1.18. The van der Waals surface area contributed by atoms with Crippen LogP contribution in [0, 0.1) is 12.7 Å². The van der Waals surface area contributed by atoms with Crippen LogP contribution in [0.5, 0.6) is 11.5 Å². The van der Waals surface area contributed by atoms with E-state index < -0.39 is 0 Å². The molecule has 1 heterocycles. The fraction of sp³-hybridized carbons (Fsp3) is 0.211. The number of nitrogens with zero attached hydrogens (tertiary/aromatic N) is 2. The van der Waals surface area contributed by atoms with Gasteiger partial charge in [0.2, 0.25) is 0 Å². The highest BCUT2D eigenvalue weighted by molar-refractivity contribution is 5.61. The molecule has 0 radical (unpaired) electrons. The summed E-state index contributed by atoms with van der Waals surface area (Å²) in [5.41, 5.74) is 2.84. The number of halogens is 1. The third kappa shape index (κ3) is 3.74. The maximum absolute atomic E-state index is 13.1. The fourth-order valence-corrected chi connectivity index (χ4v) is 2.49. The normalized spacial score (nSPS) is 10.6. The summed E-state index contributed by atoms with van der Waals surface area (Å²) < 4.78 is 26.2. The van der Waals surface area contributed by atoms with E-state index in [-0.39, 0.29) is 5.82 Å². The highest BCUT2D eigenvalue weighted by atomic mass is 19.1. The summed E-state index contributed by atoms with van der Waals surface area (Å²) in [6, 6.07) is 14.3. The molecule has 0 aliphatic carbocycles. The first kappa shape index (κ1) is 16.1. The molecule has 0 aliphatic heterocycles. The van der Waals surface area contributed by atoms with Gasteiger partial charge in [0.05, 0.1) is 5.69 Å². The van der Waals surface area contributed by atoms with Crippen molar-refractivity contribution in [2.75, 3.05) is 13.2 Å². The SMILES string of the molecule is Cc1cc(F)ccc1OCCOc1cccc(-c2ccnn2C)c1. The molecule has 0 unspecified atom stereocenters. The van der Waals surface area contributed by atoms with Crippen molar-refractivity contribution in [3.8, 4) is 22.8 Å². The molecule has 0 saturated carbocycles. The van der Waals surface area contributed by atoms with Crippen LogP contribution in [-0.4, -0.2) is 23.0 Å². The van der Waals surface area contributed by atoms with E-state index in [9.17, 15) is 4.39 Å². The van der Waals surface area contributed by atoms with Crippen LogP contribution in [0.4, 0.5) is 4.39 Å². The van der Waals surface area contributed by atoms with Gasteiger partial charge in [0.15, 0.2) is 0 Å². The van der Waals surface area contributed by atoms with Crippen molar-refractivity contribution in [3.63, 3.8) is 0 Å². The van der Waals surface area contributed by atoms with Crippen LogP contribution in [0.2, 0.25) is 0 Å². The predicted molar refractivity (Wildman–Crippen MR) is 90.8 cm³/mol. The summed E-state index contributed by atoms with van der Waals surface area (Å²) >= 11 is 0. The van der Waals surface area contributed by atoms with Gasteiger partial charge in [-0.1, -0.05) is 12.1 Å². The van der Waals surface area contributed by atoms with E-state index in [4.69, 9.17) is 9.47 Å². The van der Waals surface area contributed by atoms with Crippen LogP contribution in [0.25, 0.3) is 11.3 Å². The van der Waals surface area contributed by atoms with E-state index >= 15 is 0 Å². The van der Waals surface area contributed by atoms with Crippen molar-refractivity contribution in [2.45, 2.75) is 6.92 Å². The van der Waals surface area contributed by atoms with Crippen LogP contribution in [0.15, 0.2) is 54.7 Å². The van der Waals surface area contributed by atoms with Crippen LogP contribution in [0.3, 0.4) is 0 Å². The molecule has 1 aromatic heterocycles. The third-order valence-corrected chi connectivity index (χ3v) is 3.70. The Kier molecular flexibility index (Phi) is 4.79. The second-order valence-corrected chi connectivity index (χ2v) is 5.47. The number of aromatic nitrogens is 2. The summed E-state index contributed by atoms with van der Waals surface area (Å²) in [5, 5.41) is 4.18. The number of aryl methyl sites for hydroxylation is 2. The lowest BCUT2D eigenvalue weighted by Gasteiger charge is -2.11. The molecule has 0 atom stereocenters. The minimum absolute atomic E-state index is 0.261. The molecule has 0 bridgehead atoms. The molecule has 3 aromatic rings. The second-order valence-electron chi connectivity index (χ2n) is 5.47. The molecule has 124 valence electrons. The maximum atomic E-state index is 13.1. The molecule has 5 heteroatoms. The topological polar surface area (TPSA) is 36.3 Å². The average Bonchev–Trinajstić information content (AvgIpc) is 2.99. The Labute approximate surface area is 140 Å². The highest BCUT2D eigenvalue weighted by Crippen LogP contribution is 2.23. The highest BCUT2D eigenvalue weighted by Gasteiger charge is 2.05. The van der Waals surface area contributed by atoms with Crippen LogP contribution >= 0.6 is 0 Å². The Morgan fingerprint density at radius 1 is 1.04 bits per heavy atom. The molecule has 0 saturated heterocycles. The van der Waals surface area contributed by atoms with Gasteiger partial charge in [-0.15, -0.1) is 0 Å². The minimum Gasteiger partial charge on any atom is -0.490 e. The maximum Gasteiger partial charge on any atom is 0.123 e. The smallest absolute Gasteiger partial charge is 0.123 e. The first-order valence-electron chi connectivity index (χ1n) is 7.74.